The standard InChI is InChI=1S/C19H21ClF2N4O3/c1-2-23-19(24-6-5-12-3-4-17(20)25-9-12)26-10-13-7-15-16(28-11-27-15)8-14(13)29-18(21)22/h3-4,7-9,18H,2,5-6,10-11H2,1H3,(H2,23,24,26). The van der Waals surface area contributed by atoms with Crippen LogP contribution in [0.3, 0.4) is 0 Å². The molecule has 0 unspecified atom stereocenters. The van der Waals surface area contributed by atoms with Crippen LogP contribution in [-0.4, -0.2) is 37.4 Å². The zero-order valence-corrected chi connectivity index (χ0v) is 16.5. The van der Waals surface area contributed by atoms with Crippen LogP contribution in [0.5, 0.6) is 17.2 Å². The van der Waals surface area contributed by atoms with Gasteiger partial charge < -0.3 is 24.8 Å². The maximum atomic E-state index is 12.8. The van der Waals surface area contributed by atoms with Gasteiger partial charge in [0, 0.05) is 30.9 Å². The van der Waals surface area contributed by atoms with Gasteiger partial charge in [-0.25, -0.2) is 9.98 Å². The molecule has 2 N–H and O–H groups in total. The number of rotatable bonds is 8. The van der Waals surface area contributed by atoms with Gasteiger partial charge >= 0.3 is 6.61 Å². The molecule has 3 rings (SSSR count). The van der Waals surface area contributed by atoms with Gasteiger partial charge in [-0.05, 0) is 31.0 Å². The van der Waals surface area contributed by atoms with E-state index in [4.69, 9.17) is 21.1 Å². The Kier molecular flexibility index (Phi) is 7.29. The lowest BCUT2D eigenvalue weighted by molar-refractivity contribution is -0.0505. The van der Waals surface area contributed by atoms with Crippen LogP contribution < -0.4 is 24.8 Å². The number of guanidine groups is 1. The average molecular weight is 427 g/mol. The molecule has 0 amide bonds. The topological polar surface area (TPSA) is 77.0 Å². The minimum absolute atomic E-state index is 0.0103. The second-order valence-electron chi connectivity index (χ2n) is 6.05. The SMILES string of the molecule is CCNC(=NCc1cc2c(cc1OC(F)F)OCO2)NCCc1ccc(Cl)nc1. The monoisotopic (exact) mass is 426 g/mol. The van der Waals surface area contributed by atoms with Crippen molar-refractivity contribution in [3.8, 4) is 17.2 Å². The van der Waals surface area contributed by atoms with E-state index in [0.717, 1.165) is 12.0 Å². The third-order valence-corrected chi connectivity index (χ3v) is 4.24. The first-order chi connectivity index (χ1) is 14.0. The number of alkyl halides is 2. The van der Waals surface area contributed by atoms with Crippen molar-refractivity contribution in [1.82, 2.24) is 15.6 Å². The van der Waals surface area contributed by atoms with Gasteiger partial charge in [0.2, 0.25) is 6.79 Å². The number of aliphatic imine (C=N–C) groups is 1. The molecule has 10 heteroatoms. The molecule has 0 radical (unpaired) electrons. The summed E-state index contributed by atoms with van der Waals surface area (Å²) in [5, 5.41) is 6.76. The lowest BCUT2D eigenvalue weighted by Gasteiger charge is -2.13. The molecule has 1 aliphatic rings. The molecule has 7 nitrogen and oxygen atoms in total. The zero-order valence-electron chi connectivity index (χ0n) is 15.8. The van der Waals surface area contributed by atoms with Crippen LogP contribution >= 0.6 is 11.6 Å². The number of hydrogen-bond acceptors (Lipinski definition) is 5. The number of pyridine rings is 1. The van der Waals surface area contributed by atoms with Crippen LogP contribution in [0.25, 0.3) is 0 Å². The molecule has 29 heavy (non-hydrogen) atoms. The van der Waals surface area contributed by atoms with Crippen molar-refractivity contribution in [2.75, 3.05) is 19.9 Å². The molecule has 0 fully saturated rings. The van der Waals surface area contributed by atoms with Gasteiger partial charge in [0.25, 0.3) is 0 Å². The van der Waals surface area contributed by atoms with Gasteiger partial charge in [-0.3, -0.25) is 0 Å². The first kappa shape index (κ1) is 20.9. The molecule has 0 spiro atoms. The van der Waals surface area contributed by atoms with Gasteiger partial charge in [-0.15, -0.1) is 0 Å². The highest BCUT2D eigenvalue weighted by atomic mass is 35.5. The van der Waals surface area contributed by atoms with E-state index in [1.54, 1.807) is 18.3 Å². The number of ether oxygens (including phenoxy) is 3. The normalized spacial score (nSPS) is 12.9. The number of halogens is 3. The second-order valence-corrected chi connectivity index (χ2v) is 6.44. The van der Waals surface area contributed by atoms with Crippen LogP contribution in [0.4, 0.5) is 8.78 Å². The van der Waals surface area contributed by atoms with E-state index in [0.29, 0.717) is 41.3 Å². The van der Waals surface area contributed by atoms with E-state index in [1.807, 2.05) is 13.0 Å². The largest absolute Gasteiger partial charge is 0.454 e. The smallest absolute Gasteiger partial charge is 0.387 e. The number of nitrogens with one attached hydrogen (secondary N) is 2. The summed E-state index contributed by atoms with van der Waals surface area (Å²) in [6.07, 6.45) is 2.44. The van der Waals surface area contributed by atoms with Crippen molar-refractivity contribution >= 4 is 17.6 Å². The Morgan fingerprint density at radius 1 is 1.28 bits per heavy atom. The molecule has 1 aromatic carbocycles. The Bertz CT molecular complexity index is 850. The third-order valence-electron chi connectivity index (χ3n) is 4.02. The Balaban J connectivity index is 1.66. The highest BCUT2D eigenvalue weighted by molar-refractivity contribution is 6.29. The predicted octanol–water partition coefficient (Wildman–Crippen LogP) is 3.36. The third kappa shape index (κ3) is 6.08. The van der Waals surface area contributed by atoms with E-state index in [9.17, 15) is 8.78 Å². The minimum Gasteiger partial charge on any atom is -0.454 e. The Morgan fingerprint density at radius 2 is 2.07 bits per heavy atom. The van der Waals surface area contributed by atoms with E-state index in [-0.39, 0.29) is 19.1 Å². The van der Waals surface area contributed by atoms with Crippen LogP contribution in [-0.2, 0) is 13.0 Å². The maximum absolute atomic E-state index is 12.8. The number of aromatic nitrogens is 1. The fourth-order valence-electron chi connectivity index (χ4n) is 2.68. The Morgan fingerprint density at radius 3 is 2.76 bits per heavy atom. The highest BCUT2D eigenvalue weighted by Crippen LogP contribution is 2.39. The quantitative estimate of drug-likeness (QED) is 0.383. The van der Waals surface area contributed by atoms with Crippen LogP contribution in [0.15, 0.2) is 35.5 Å². The number of hydrogen-bond donors (Lipinski definition) is 2. The van der Waals surface area contributed by atoms with Gasteiger partial charge in [-0.1, -0.05) is 17.7 Å². The molecule has 156 valence electrons. The highest BCUT2D eigenvalue weighted by Gasteiger charge is 2.20. The number of nitrogens with zero attached hydrogens (tertiary/aromatic N) is 2. The van der Waals surface area contributed by atoms with Gasteiger partial charge in [0.15, 0.2) is 17.5 Å². The van der Waals surface area contributed by atoms with Crippen molar-refractivity contribution in [1.29, 1.82) is 0 Å². The van der Waals surface area contributed by atoms with Crippen LogP contribution in [0.2, 0.25) is 5.15 Å². The fraction of sp³-hybridized carbons (Fsp3) is 0.368. The summed E-state index contributed by atoms with van der Waals surface area (Å²) in [4.78, 5) is 8.50. The van der Waals surface area contributed by atoms with E-state index < -0.39 is 6.61 Å². The summed E-state index contributed by atoms with van der Waals surface area (Å²) in [6.45, 7) is 0.410. The molecule has 0 saturated carbocycles. The Hall–Kier alpha value is -2.81. The van der Waals surface area contributed by atoms with Crippen LogP contribution in [0, 0.1) is 0 Å². The lowest BCUT2D eigenvalue weighted by atomic mass is 10.1. The van der Waals surface area contributed by atoms with Crippen molar-refractivity contribution in [2.45, 2.75) is 26.5 Å². The first-order valence-corrected chi connectivity index (χ1v) is 9.43. The minimum atomic E-state index is -2.95. The molecular weight excluding hydrogens is 406 g/mol. The Labute approximate surface area is 172 Å². The van der Waals surface area contributed by atoms with Gasteiger partial charge in [-0.2, -0.15) is 8.78 Å². The summed E-state index contributed by atoms with van der Waals surface area (Å²) in [7, 11) is 0. The molecule has 2 aromatic rings. The molecule has 0 aliphatic carbocycles. The summed E-state index contributed by atoms with van der Waals surface area (Å²) in [5.41, 5.74) is 1.50. The maximum Gasteiger partial charge on any atom is 0.387 e. The van der Waals surface area contributed by atoms with Crippen molar-refractivity contribution < 1.29 is 23.0 Å². The summed E-state index contributed by atoms with van der Waals surface area (Å²) in [6, 6.07) is 6.64. The molecule has 0 atom stereocenters. The van der Waals surface area contributed by atoms with Gasteiger partial charge in [0.1, 0.15) is 10.9 Å². The van der Waals surface area contributed by atoms with Gasteiger partial charge in [0.05, 0.1) is 6.54 Å². The molecular formula is C19H21ClF2N4O3. The van der Waals surface area contributed by atoms with Crippen molar-refractivity contribution in [3.05, 3.63) is 46.7 Å². The number of benzene rings is 1. The van der Waals surface area contributed by atoms with Crippen LogP contribution in [0.1, 0.15) is 18.1 Å². The zero-order chi connectivity index (χ0) is 20.6. The molecule has 0 saturated heterocycles. The summed E-state index contributed by atoms with van der Waals surface area (Å²) >= 11 is 5.79. The summed E-state index contributed by atoms with van der Waals surface area (Å²) in [5.74, 6) is 1.41. The predicted molar refractivity (Wildman–Crippen MR) is 105 cm³/mol. The average Bonchev–Trinajstić information content (AvgIpc) is 3.14. The molecule has 2 heterocycles. The molecule has 0 bridgehead atoms. The first-order valence-electron chi connectivity index (χ1n) is 9.05. The van der Waals surface area contributed by atoms with E-state index in [2.05, 4.69) is 25.3 Å². The molecule has 1 aromatic heterocycles. The number of fused-ring (bicyclic) bond motifs is 1. The van der Waals surface area contributed by atoms with Crippen molar-refractivity contribution in [3.63, 3.8) is 0 Å². The fourth-order valence-corrected chi connectivity index (χ4v) is 2.79. The van der Waals surface area contributed by atoms with E-state index in [1.165, 1.54) is 6.07 Å². The summed E-state index contributed by atoms with van der Waals surface area (Å²) < 4.78 is 40.7. The van der Waals surface area contributed by atoms with Crippen molar-refractivity contribution in [2.24, 2.45) is 4.99 Å². The van der Waals surface area contributed by atoms with E-state index >= 15 is 0 Å². The lowest BCUT2D eigenvalue weighted by Crippen LogP contribution is -2.38. The molecule has 1 aliphatic heterocycles. The second kappa shape index (κ2) is 10.1.